The van der Waals surface area contributed by atoms with Gasteiger partial charge in [0.1, 0.15) is 0 Å². The van der Waals surface area contributed by atoms with Gasteiger partial charge >= 0.3 is 0 Å². The van der Waals surface area contributed by atoms with Crippen LogP contribution in [0.3, 0.4) is 0 Å². The Bertz CT molecular complexity index is 3950. The summed E-state index contributed by atoms with van der Waals surface area (Å²) in [6, 6.07) is 68.1. The first-order chi connectivity index (χ1) is 32.0. The van der Waals surface area contributed by atoms with Gasteiger partial charge in [0, 0.05) is 38.6 Å². The first-order valence-electron chi connectivity index (χ1n) is 23.8. The number of rotatable bonds is 2. The zero-order valence-electron chi connectivity index (χ0n) is 38.2. The number of aromatic nitrogens is 2. The Hall–Kier alpha value is -7.36. The van der Waals surface area contributed by atoms with Gasteiger partial charge in [0.2, 0.25) is 0 Å². The van der Waals surface area contributed by atoms with E-state index in [1.165, 1.54) is 138 Å². The van der Waals surface area contributed by atoms with E-state index in [-0.39, 0.29) is 17.5 Å². The number of benzene rings is 9. The second-order valence-corrected chi connectivity index (χ2v) is 21.6. The zero-order valence-corrected chi connectivity index (χ0v) is 38.2. The molecule has 2 aromatic heterocycles. The molecule has 66 heavy (non-hydrogen) atoms. The van der Waals surface area contributed by atoms with Crippen LogP contribution in [0.25, 0.3) is 88.4 Å². The van der Waals surface area contributed by atoms with Crippen molar-refractivity contribution < 1.29 is 0 Å². The lowest BCUT2D eigenvalue weighted by atomic mass is 9.33. The summed E-state index contributed by atoms with van der Waals surface area (Å²) in [4.78, 5) is 0. The molecule has 0 bridgehead atoms. The molecule has 5 heterocycles. The van der Waals surface area contributed by atoms with Gasteiger partial charge in [-0.2, -0.15) is 0 Å². The lowest BCUT2D eigenvalue weighted by Gasteiger charge is -2.44. The van der Waals surface area contributed by atoms with Crippen LogP contribution in [-0.4, -0.2) is 15.8 Å². The van der Waals surface area contributed by atoms with Crippen molar-refractivity contribution in [2.45, 2.75) is 57.8 Å². The van der Waals surface area contributed by atoms with Crippen molar-refractivity contribution in [3.8, 4) is 44.9 Å². The molecule has 0 N–H and O–H groups in total. The molecule has 0 fully saturated rings. The van der Waals surface area contributed by atoms with Gasteiger partial charge in [-0.25, -0.2) is 0 Å². The molecule has 0 unspecified atom stereocenters. The van der Waals surface area contributed by atoms with Crippen molar-refractivity contribution >= 4 is 66.6 Å². The second kappa shape index (κ2) is 12.1. The molecule has 9 aromatic carbocycles. The van der Waals surface area contributed by atoms with Gasteiger partial charge in [0.25, 0.3) is 6.71 Å². The molecule has 3 aliphatic heterocycles. The quantitative estimate of drug-likeness (QED) is 0.153. The standard InChI is InChI=1S/C63H47BN2/c1-61(2,3)39-32-44-45-33-40(62(4,5)6)35-51-58(45)66-57(44)50(34-39)63(47-27-17-15-25-42(47)43-26-16-18-28-48(43)63)49-29-30-52-55(60(49)66)64(51)54-41-24-14-13-23-38(41)31-46-53(36-19-9-7-10-20-36)56(65(52)59(46)54)37-21-11-8-12-22-37/h7-35H,1-6H3. The van der Waals surface area contributed by atoms with Crippen molar-refractivity contribution in [3.05, 3.63) is 209 Å². The zero-order chi connectivity index (χ0) is 44.2. The molecular formula is C63H47BN2. The van der Waals surface area contributed by atoms with E-state index in [0.717, 1.165) is 0 Å². The molecule has 2 nitrogen and oxygen atoms in total. The fourth-order valence-corrected chi connectivity index (χ4v) is 13.4. The molecule has 0 amide bonds. The monoisotopic (exact) mass is 842 g/mol. The van der Waals surface area contributed by atoms with Gasteiger partial charge in [0.15, 0.2) is 0 Å². The van der Waals surface area contributed by atoms with Gasteiger partial charge in [-0.1, -0.05) is 193 Å². The minimum atomic E-state index is -0.543. The molecule has 0 saturated carbocycles. The summed E-state index contributed by atoms with van der Waals surface area (Å²) < 4.78 is 5.46. The lowest BCUT2D eigenvalue weighted by molar-refractivity contribution is 0.588. The van der Waals surface area contributed by atoms with Crippen LogP contribution < -0.4 is 16.4 Å². The summed E-state index contributed by atoms with van der Waals surface area (Å²) in [5, 5.41) is 6.64. The fraction of sp³-hybridized carbons (Fsp3) is 0.143. The Kier molecular flexibility index (Phi) is 6.77. The van der Waals surface area contributed by atoms with Crippen molar-refractivity contribution in [3.63, 3.8) is 0 Å². The van der Waals surface area contributed by atoms with E-state index in [4.69, 9.17) is 0 Å². The van der Waals surface area contributed by atoms with Crippen molar-refractivity contribution in [2.24, 2.45) is 0 Å². The molecule has 1 aliphatic carbocycles. The smallest absolute Gasteiger partial charge is 0.253 e. The maximum Gasteiger partial charge on any atom is 0.253 e. The van der Waals surface area contributed by atoms with Crippen LogP contribution in [0.5, 0.6) is 0 Å². The topological polar surface area (TPSA) is 9.86 Å². The Labute approximate surface area is 385 Å². The van der Waals surface area contributed by atoms with E-state index >= 15 is 0 Å². The molecule has 15 rings (SSSR count). The van der Waals surface area contributed by atoms with Crippen LogP contribution in [0.4, 0.5) is 0 Å². The number of hydrogen-bond acceptors (Lipinski definition) is 0. The maximum absolute atomic E-state index is 2.77. The summed E-state index contributed by atoms with van der Waals surface area (Å²) in [6.07, 6.45) is 0. The predicted octanol–water partition coefficient (Wildman–Crippen LogP) is 13.6. The van der Waals surface area contributed by atoms with E-state index in [1.807, 2.05) is 0 Å². The highest BCUT2D eigenvalue weighted by atomic mass is 15.1. The first-order valence-corrected chi connectivity index (χ1v) is 23.8. The molecular weight excluding hydrogens is 796 g/mol. The van der Waals surface area contributed by atoms with Crippen molar-refractivity contribution in [1.29, 1.82) is 0 Å². The third kappa shape index (κ3) is 4.27. The summed E-state index contributed by atoms with van der Waals surface area (Å²) in [5.74, 6) is 0. The Morgan fingerprint density at radius 3 is 1.70 bits per heavy atom. The molecule has 312 valence electrons. The van der Waals surface area contributed by atoms with Gasteiger partial charge in [-0.15, -0.1) is 0 Å². The van der Waals surface area contributed by atoms with E-state index in [2.05, 4.69) is 227 Å². The molecule has 0 atom stereocenters. The van der Waals surface area contributed by atoms with E-state index in [0.29, 0.717) is 0 Å². The van der Waals surface area contributed by atoms with E-state index in [9.17, 15) is 0 Å². The highest BCUT2D eigenvalue weighted by Crippen LogP contribution is 2.62. The van der Waals surface area contributed by atoms with Crippen LogP contribution in [0.15, 0.2) is 176 Å². The minimum absolute atomic E-state index is 0.0209. The van der Waals surface area contributed by atoms with Gasteiger partial charge in [-0.05, 0) is 118 Å². The first kappa shape index (κ1) is 36.9. The number of fused-ring (bicyclic) bond motifs is 13. The van der Waals surface area contributed by atoms with Gasteiger partial charge in [-0.3, -0.25) is 0 Å². The Balaban J connectivity index is 1.24. The molecule has 11 aromatic rings. The summed E-state index contributed by atoms with van der Waals surface area (Å²) in [7, 11) is 0. The summed E-state index contributed by atoms with van der Waals surface area (Å²) >= 11 is 0. The third-order valence-corrected chi connectivity index (χ3v) is 16.2. The van der Waals surface area contributed by atoms with Crippen LogP contribution in [0, 0.1) is 0 Å². The van der Waals surface area contributed by atoms with Crippen LogP contribution in [-0.2, 0) is 16.2 Å². The molecule has 0 saturated heterocycles. The average Bonchev–Trinajstić information content (AvgIpc) is 3.96. The van der Waals surface area contributed by atoms with Crippen molar-refractivity contribution in [1.82, 2.24) is 9.13 Å². The molecule has 4 aliphatic rings. The van der Waals surface area contributed by atoms with Crippen molar-refractivity contribution in [2.75, 3.05) is 0 Å². The minimum Gasteiger partial charge on any atom is -0.310 e. The van der Waals surface area contributed by atoms with Gasteiger partial charge in [0.05, 0.1) is 22.1 Å². The highest BCUT2D eigenvalue weighted by Gasteiger charge is 2.55. The highest BCUT2D eigenvalue weighted by molar-refractivity contribution is 7.01. The number of hydrogen-bond donors (Lipinski definition) is 0. The fourth-order valence-electron chi connectivity index (χ4n) is 13.4. The molecule has 0 radical (unpaired) electrons. The second-order valence-electron chi connectivity index (χ2n) is 21.6. The number of nitrogens with zero attached hydrogens (tertiary/aromatic N) is 2. The maximum atomic E-state index is 2.77. The lowest BCUT2D eigenvalue weighted by Crippen LogP contribution is -2.61. The van der Waals surface area contributed by atoms with E-state index < -0.39 is 5.41 Å². The largest absolute Gasteiger partial charge is 0.310 e. The van der Waals surface area contributed by atoms with Crippen LogP contribution in [0.1, 0.15) is 74.9 Å². The van der Waals surface area contributed by atoms with Gasteiger partial charge < -0.3 is 9.13 Å². The van der Waals surface area contributed by atoms with Crippen LogP contribution >= 0.6 is 0 Å². The average molecular weight is 843 g/mol. The SMILES string of the molecule is CC(C)(C)c1cc2c3c(c1)c1cc(C(C)(C)C)cc4c1n3-c1c(ccc3c1B2c1c2ccccc2cc2c(-c5ccccc5)c(-c5ccccc5)n-3c12)C41c2ccccc2-c2ccccc21. The third-order valence-electron chi connectivity index (χ3n) is 16.2. The molecule has 3 heteroatoms. The normalized spacial score (nSPS) is 14.6. The summed E-state index contributed by atoms with van der Waals surface area (Å²) in [5.41, 5.74) is 26.2. The molecule has 1 spiro atoms. The predicted molar refractivity (Wildman–Crippen MR) is 279 cm³/mol. The Morgan fingerprint density at radius 1 is 0.424 bits per heavy atom. The Morgan fingerprint density at radius 2 is 1.02 bits per heavy atom. The summed E-state index contributed by atoms with van der Waals surface area (Å²) in [6.45, 7) is 14.3. The van der Waals surface area contributed by atoms with E-state index in [1.54, 1.807) is 0 Å². The van der Waals surface area contributed by atoms with Crippen LogP contribution in [0.2, 0.25) is 0 Å².